The number of benzene rings is 2. The monoisotopic (exact) mass is 488 g/mol. The van der Waals surface area contributed by atoms with Gasteiger partial charge < -0.3 is 24.4 Å². The molecule has 5 rings (SSSR count). The molecule has 0 unspecified atom stereocenters. The molecule has 0 aliphatic carbocycles. The Morgan fingerprint density at radius 3 is 2.43 bits per heavy atom. The number of hydrogen-bond donors (Lipinski definition) is 1. The lowest BCUT2D eigenvalue weighted by Crippen LogP contribution is -2.41. The zero-order valence-electron chi connectivity index (χ0n) is 18.9. The molecule has 3 aliphatic rings. The summed E-state index contributed by atoms with van der Waals surface area (Å²) in [6.07, 6.45) is -1.68. The van der Waals surface area contributed by atoms with E-state index in [4.69, 9.17) is 9.47 Å². The van der Waals surface area contributed by atoms with Crippen LogP contribution in [0.3, 0.4) is 0 Å². The van der Waals surface area contributed by atoms with Gasteiger partial charge in [0.25, 0.3) is 0 Å². The molecule has 2 aromatic carbocycles. The van der Waals surface area contributed by atoms with Crippen molar-refractivity contribution < 1.29 is 37.0 Å². The Morgan fingerprint density at radius 1 is 1.14 bits per heavy atom. The lowest BCUT2D eigenvalue weighted by atomic mass is 9.76. The lowest BCUT2D eigenvalue weighted by Gasteiger charge is -2.28. The van der Waals surface area contributed by atoms with Gasteiger partial charge in [0.05, 0.1) is 37.6 Å². The van der Waals surface area contributed by atoms with E-state index in [0.717, 1.165) is 17.7 Å². The molecule has 2 amide bonds. The van der Waals surface area contributed by atoms with E-state index >= 15 is 0 Å². The van der Waals surface area contributed by atoms with Gasteiger partial charge >= 0.3 is 6.36 Å². The fourth-order valence-corrected chi connectivity index (χ4v) is 5.18. The Kier molecular flexibility index (Phi) is 5.51. The number of ether oxygens (including phenoxy) is 3. The third kappa shape index (κ3) is 4.12. The minimum absolute atomic E-state index is 0.172. The van der Waals surface area contributed by atoms with Crippen molar-refractivity contribution in [2.75, 3.05) is 19.0 Å². The largest absolute Gasteiger partial charge is 0.573 e. The Bertz CT molecular complexity index is 1170. The first kappa shape index (κ1) is 23.2. The van der Waals surface area contributed by atoms with Crippen molar-refractivity contribution >= 4 is 17.5 Å². The van der Waals surface area contributed by atoms with Crippen LogP contribution in [0.5, 0.6) is 11.5 Å². The Labute approximate surface area is 199 Å². The maximum absolute atomic E-state index is 13.5. The first-order chi connectivity index (χ1) is 16.6. The van der Waals surface area contributed by atoms with E-state index in [9.17, 15) is 22.8 Å². The van der Waals surface area contributed by atoms with Gasteiger partial charge in [-0.2, -0.15) is 0 Å². The summed E-state index contributed by atoms with van der Waals surface area (Å²) in [7, 11) is 1.58. The number of nitrogens with zero attached hydrogens (tertiary/aromatic N) is 1. The SMILES string of the molecule is COc1ccc([C@H](C)N2C[C@]34C=C[C@H](O3)[C@H](C(=O)Nc3ccc(OC(F)(F)F)cc3)[C@@H]4C2=O)cc1. The van der Waals surface area contributed by atoms with E-state index in [1.807, 2.05) is 37.3 Å². The number of carbonyl (C=O) groups is 2. The number of halogens is 3. The van der Waals surface area contributed by atoms with Crippen LogP contribution >= 0.6 is 0 Å². The highest BCUT2D eigenvalue weighted by molar-refractivity contribution is 5.99. The van der Waals surface area contributed by atoms with Gasteiger partial charge in [-0.1, -0.05) is 24.3 Å². The van der Waals surface area contributed by atoms with Crippen molar-refractivity contribution in [3.05, 3.63) is 66.2 Å². The molecule has 184 valence electrons. The third-order valence-electron chi connectivity index (χ3n) is 6.85. The van der Waals surface area contributed by atoms with Crippen molar-refractivity contribution in [1.82, 2.24) is 4.90 Å². The molecule has 3 aliphatic heterocycles. The molecule has 2 bridgehead atoms. The van der Waals surface area contributed by atoms with Gasteiger partial charge in [-0.25, -0.2) is 0 Å². The standard InChI is InChI=1S/C25H23F3N2O5/c1-14(15-3-7-17(33-2)8-4-15)30-13-24-12-11-19(35-24)20(21(24)23(30)32)22(31)29-16-5-9-18(10-6-16)34-25(26,27)28/h3-12,14,19-21H,13H2,1-2H3,(H,29,31)/t14-,19-,20-,21+,24-/m0/s1. The zero-order valence-corrected chi connectivity index (χ0v) is 18.9. The summed E-state index contributed by atoms with van der Waals surface area (Å²) in [4.78, 5) is 28.5. The van der Waals surface area contributed by atoms with E-state index in [0.29, 0.717) is 18.0 Å². The molecule has 0 aromatic heterocycles. The number of carbonyl (C=O) groups excluding carboxylic acids is 2. The molecular formula is C25H23F3N2O5. The van der Waals surface area contributed by atoms with E-state index < -0.39 is 41.6 Å². The van der Waals surface area contributed by atoms with Gasteiger partial charge in [0.1, 0.15) is 17.1 Å². The average Bonchev–Trinajstić information content (AvgIpc) is 3.47. The summed E-state index contributed by atoms with van der Waals surface area (Å²) < 4.78 is 52.4. The fraction of sp³-hybridized carbons (Fsp3) is 0.360. The molecule has 0 radical (unpaired) electrons. The molecule has 35 heavy (non-hydrogen) atoms. The molecule has 5 atom stereocenters. The number of rotatable bonds is 6. The van der Waals surface area contributed by atoms with Crippen LogP contribution in [0.15, 0.2) is 60.7 Å². The second-order valence-electron chi connectivity index (χ2n) is 8.88. The Balaban J connectivity index is 1.32. The van der Waals surface area contributed by atoms with E-state index in [-0.39, 0.29) is 11.9 Å². The van der Waals surface area contributed by atoms with Crippen LogP contribution in [0.2, 0.25) is 0 Å². The van der Waals surface area contributed by atoms with Crippen molar-refractivity contribution in [3.8, 4) is 11.5 Å². The average molecular weight is 488 g/mol. The number of alkyl halides is 3. The van der Waals surface area contributed by atoms with Gasteiger partial charge in [0, 0.05) is 5.69 Å². The second-order valence-corrected chi connectivity index (χ2v) is 8.88. The van der Waals surface area contributed by atoms with E-state index in [2.05, 4.69) is 10.1 Å². The van der Waals surface area contributed by atoms with Crippen LogP contribution in [-0.4, -0.2) is 48.4 Å². The lowest BCUT2D eigenvalue weighted by molar-refractivity contribution is -0.274. The topological polar surface area (TPSA) is 77.1 Å². The molecule has 2 saturated heterocycles. The number of likely N-dealkylation sites (tertiary alicyclic amines) is 1. The maximum atomic E-state index is 13.5. The summed E-state index contributed by atoms with van der Waals surface area (Å²) in [6.45, 7) is 2.25. The summed E-state index contributed by atoms with van der Waals surface area (Å²) >= 11 is 0. The van der Waals surface area contributed by atoms with Gasteiger partial charge in [0.2, 0.25) is 11.8 Å². The van der Waals surface area contributed by atoms with Crippen LogP contribution in [0.1, 0.15) is 18.5 Å². The van der Waals surface area contributed by atoms with Gasteiger partial charge in [-0.3, -0.25) is 9.59 Å². The minimum atomic E-state index is -4.80. The first-order valence-corrected chi connectivity index (χ1v) is 11.1. The van der Waals surface area contributed by atoms with E-state index in [1.54, 1.807) is 18.1 Å². The van der Waals surface area contributed by atoms with Crippen LogP contribution in [0, 0.1) is 11.8 Å². The molecule has 10 heteroatoms. The van der Waals surface area contributed by atoms with E-state index in [1.165, 1.54) is 12.1 Å². The van der Waals surface area contributed by atoms with Gasteiger partial charge in [-0.05, 0) is 48.9 Å². The van der Waals surface area contributed by atoms with Crippen LogP contribution in [0.4, 0.5) is 18.9 Å². The first-order valence-electron chi connectivity index (χ1n) is 11.1. The van der Waals surface area contributed by atoms with Gasteiger partial charge in [0.15, 0.2) is 0 Å². The van der Waals surface area contributed by atoms with Crippen molar-refractivity contribution in [2.45, 2.75) is 31.0 Å². The molecule has 2 aromatic rings. The highest BCUT2D eigenvalue weighted by atomic mass is 19.4. The highest BCUT2D eigenvalue weighted by Crippen LogP contribution is 2.53. The number of methoxy groups -OCH3 is 1. The second kappa shape index (κ2) is 8.30. The normalized spacial score (nSPS) is 27.6. The quantitative estimate of drug-likeness (QED) is 0.621. The van der Waals surface area contributed by atoms with Crippen molar-refractivity contribution in [3.63, 3.8) is 0 Å². The van der Waals surface area contributed by atoms with Crippen LogP contribution < -0.4 is 14.8 Å². The number of fused-ring (bicyclic) bond motifs is 1. The summed E-state index contributed by atoms with van der Waals surface area (Å²) in [5.41, 5.74) is 0.338. The van der Waals surface area contributed by atoms with Crippen molar-refractivity contribution in [2.24, 2.45) is 11.8 Å². The number of amides is 2. The Morgan fingerprint density at radius 2 is 1.80 bits per heavy atom. The summed E-state index contributed by atoms with van der Waals surface area (Å²) in [6, 6.07) is 12.1. The molecular weight excluding hydrogens is 465 g/mol. The molecule has 7 nitrogen and oxygen atoms in total. The molecule has 3 heterocycles. The smallest absolute Gasteiger partial charge is 0.497 e. The highest BCUT2D eigenvalue weighted by Gasteiger charge is 2.67. The molecule has 0 saturated carbocycles. The maximum Gasteiger partial charge on any atom is 0.573 e. The molecule has 1 N–H and O–H groups in total. The fourth-order valence-electron chi connectivity index (χ4n) is 5.18. The van der Waals surface area contributed by atoms with Crippen molar-refractivity contribution in [1.29, 1.82) is 0 Å². The summed E-state index contributed by atoms with van der Waals surface area (Å²) in [5.74, 6) is -1.73. The zero-order chi connectivity index (χ0) is 25.0. The number of hydrogen-bond acceptors (Lipinski definition) is 5. The minimum Gasteiger partial charge on any atom is -0.497 e. The summed E-state index contributed by atoms with van der Waals surface area (Å²) in [5, 5.41) is 2.70. The predicted molar refractivity (Wildman–Crippen MR) is 119 cm³/mol. The Hall–Kier alpha value is -3.53. The van der Waals surface area contributed by atoms with Crippen LogP contribution in [-0.2, 0) is 14.3 Å². The van der Waals surface area contributed by atoms with Crippen LogP contribution in [0.25, 0.3) is 0 Å². The molecule has 2 fully saturated rings. The third-order valence-corrected chi connectivity index (χ3v) is 6.85. The number of nitrogens with one attached hydrogen (secondary N) is 1. The predicted octanol–water partition coefficient (Wildman–Crippen LogP) is 4.08. The molecule has 1 spiro atoms. The number of anilines is 1. The van der Waals surface area contributed by atoms with Gasteiger partial charge in [-0.15, -0.1) is 13.2 Å².